The molecule has 0 saturated heterocycles. The second-order valence-corrected chi connectivity index (χ2v) is 10.9. The lowest BCUT2D eigenvalue weighted by molar-refractivity contribution is -0.131. The molecule has 0 radical (unpaired) electrons. The van der Waals surface area contributed by atoms with Crippen molar-refractivity contribution >= 4 is 5.91 Å². The van der Waals surface area contributed by atoms with Gasteiger partial charge in [-0.15, -0.1) is 6.58 Å². The minimum absolute atomic E-state index is 0.0362. The highest BCUT2D eigenvalue weighted by Crippen LogP contribution is 2.48. The summed E-state index contributed by atoms with van der Waals surface area (Å²) < 4.78 is 11.5. The van der Waals surface area contributed by atoms with E-state index in [4.69, 9.17) is 9.47 Å². The molecular weight excluding hydrogens is 418 g/mol. The first kappa shape index (κ1) is 25.7. The number of fused-ring (bicyclic) bond motifs is 1. The van der Waals surface area contributed by atoms with Crippen LogP contribution in [0.5, 0.6) is 5.88 Å². The minimum Gasteiger partial charge on any atom is -0.471 e. The Bertz CT molecular complexity index is 831. The van der Waals surface area contributed by atoms with Gasteiger partial charge >= 0.3 is 0 Å². The van der Waals surface area contributed by atoms with Gasteiger partial charge in [-0.2, -0.15) is 0 Å². The first-order valence-corrected chi connectivity index (χ1v) is 12.1. The Morgan fingerprint density at radius 2 is 2.18 bits per heavy atom. The van der Waals surface area contributed by atoms with Crippen LogP contribution in [0, 0.1) is 5.41 Å². The quantitative estimate of drug-likeness (QED) is 0.464. The van der Waals surface area contributed by atoms with Crippen LogP contribution in [0.1, 0.15) is 77.0 Å². The third kappa shape index (κ3) is 6.55. The van der Waals surface area contributed by atoms with Crippen LogP contribution in [0.4, 0.5) is 0 Å². The number of carbonyl (C=O) groups excluding carboxylic acids is 1. The van der Waals surface area contributed by atoms with E-state index >= 15 is 0 Å². The zero-order chi connectivity index (χ0) is 24.2. The van der Waals surface area contributed by atoms with Crippen molar-refractivity contribution in [1.82, 2.24) is 15.6 Å². The van der Waals surface area contributed by atoms with Crippen molar-refractivity contribution in [2.45, 2.75) is 96.1 Å². The summed E-state index contributed by atoms with van der Waals surface area (Å²) in [6, 6.07) is 1.79. The van der Waals surface area contributed by atoms with E-state index in [0.29, 0.717) is 18.8 Å². The summed E-state index contributed by atoms with van der Waals surface area (Å²) in [5, 5.41) is 17.4. The molecule has 1 aromatic heterocycles. The van der Waals surface area contributed by atoms with Crippen LogP contribution in [0.3, 0.4) is 0 Å². The molecule has 3 N–H and O–H groups in total. The van der Waals surface area contributed by atoms with Gasteiger partial charge in [-0.05, 0) is 56.1 Å². The molecule has 2 heterocycles. The van der Waals surface area contributed by atoms with Crippen molar-refractivity contribution in [3.05, 3.63) is 36.0 Å². The number of nitrogens with zero attached hydrogens (tertiary/aromatic N) is 1. The van der Waals surface area contributed by atoms with Gasteiger partial charge in [0.2, 0.25) is 11.8 Å². The SMILES string of the molecule is C=CC[C@H](NC(=O)[C@H](C)OC)[C@H](O)CN[C@H]1CC2(CCC2)Oc2ncc(CC(C)(C)C)cc21. The molecule has 0 unspecified atom stereocenters. The number of pyridine rings is 1. The predicted molar refractivity (Wildman–Crippen MR) is 129 cm³/mol. The number of methoxy groups -OCH3 is 1. The number of hydrogen-bond donors (Lipinski definition) is 3. The monoisotopic (exact) mass is 459 g/mol. The first-order chi connectivity index (χ1) is 15.6. The highest BCUT2D eigenvalue weighted by Gasteiger charge is 2.46. The third-order valence-corrected chi connectivity index (χ3v) is 6.71. The van der Waals surface area contributed by atoms with E-state index < -0.39 is 18.2 Å². The van der Waals surface area contributed by atoms with Gasteiger partial charge in [0.15, 0.2) is 0 Å². The summed E-state index contributed by atoms with van der Waals surface area (Å²) in [6.45, 7) is 12.5. The number of aliphatic hydroxyl groups is 1. The second-order valence-electron chi connectivity index (χ2n) is 10.9. The van der Waals surface area contributed by atoms with Crippen molar-refractivity contribution in [1.29, 1.82) is 0 Å². The number of carbonyl (C=O) groups is 1. The molecule has 1 aliphatic carbocycles. The molecule has 2 aliphatic rings. The predicted octanol–water partition coefficient (Wildman–Crippen LogP) is 3.46. The van der Waals surface area contributed by atoms with Crippen LogP contribution < -0.4 is 15.4 Å². The maximum atomic E-state index is 12.3. The van der Waals surface area contributed by atoms with Gasteiger partial charge < -0.3 is 25.2 Å². The number of aromatic nitrogens is 1. The summed E-state index contributed by atoms with van der Waals surface area (Å²) >= 11 is 0. The van der Waals surface area contributed by atoms with Gasteiger partial charge in [0.25, 0.3) is 0 Å². The number of rotatable bonds is 10. The van der Waals surface area contributed by atoms with Crippen LogP contribution in [-0.2, 0) is 16.0 Å². The summed E-state index contributed by atoms with van der Waals surface area (Å²) in [7, 11) is 1.49. The summed E-state index contributed by atoms with van der Waals surface area (Å²) in [6.07, 6.45) is 7.77. The highest BCUT2D eigenvalue weighted by molar-refractivity contribution is 5.80. The van der Waals surface area contributed by atoms with E-state index in [9.17, 15) is 9.90 Å². The average Bonchev–Trinajstić information content (AvgIpc) is 2.73. The van der Waals surface area contributed by atoms with Gasteiger partial charge in [-0.1, -0.05) is 26.8 Å². The lowest BCUT2D eigenvalue weighted by atomic mass is 9.73. The molecule has 1 saturated carbocycles. The molecule has 0 aromatic carbocycles. The fourth-order valence-electron chi connectivity index (χ4n) is 4.65. The Morgan fingerprint density at radius 1 is 1.45 bits per heavy atom. The first-order valence-electron chi connectivity index (χ1n) is 12.1. The number of ether oxygens (including phenoxy) is 2. The molecule has 0 bridgehead atoms. The molecule has 7 heteroatoms. The van der Waals surface area contributed by atoms with Gasteiger partial charge in [0, 0.05) is 37.9 Å². The van der Waals surface area contributed by atoms with E-state index in [1.54, 1.807) is 13.0 Å². The summed E-state index contributed by atoms with van der Waals surface area (Å²) in [5.41, 5.74) is 2.25. The van der Waals surface area contributed by atoms with Crippen LogP contribution in [-0.4, -0.2) is 53.5 Å². The Balaban J connectivity index is 1.73. The van der Waals surface area contributed by atoms with Crippen LogP contribution in [0.2, 0.25) is 0 Å². The van der Waals surface area contributed by atoms with E-state index in [-0.39, 0.29) is 23.0 Å². The fourth-order valence-corrected chi connectivity index (χ4v) is 4.65. The summed E-state index contributed by atoms with van der Waals surface area (Å²) in [5.74, 6) is 0.458. The largest absolute Gasteiger partial charge is 0.471 e. The molecule has 1 aliphatic heterocycles. The van der Waals surface area contributed by atoms with E-state index in [2.05, 4.69) is 49.0 Å². The Hall–Kier alpha value is -1.96. The molecule has 1 spiro atoms. The Labute approximate surface area is 198 Å². The van der Waals surface area contributed by atoms with Crippen molar-refractivity contribution < 1.29 is 19.4 Å². The molecule has 1 aromatic rings. The Morgan fingerprint density at radius 3 is 2.76 bits per heavy atom. The molecule has 184 valence electrons. The zero-order valence-corrected chi connectivity index (χ0v) is 20.8. The minimum atomic E-state index is -0.773. The van der Waals surface area contributed by atoms with Gasteiger partial charge in [0.05, 0.1) is 12.1 Å². The van der Waals surface area contributed by atoms with Crippen molar-refractivity contribution in [3.63, 3.8) is 0 Å². The molecule has 4 atom stereocenters. The third-order valence-electron chi connectivity index (χ3n) is 6.71. The molecule has 7 nitrogen and oxygen atoms in total. The van der Waals surface area contributed by atoms with E-state index in [1.165, 1.54) is 12.7 Å². The zero-order valence-electron chi connectivity index (χ0n) is 20.8. The average molecular weight is 460 g/mol. The molecule has 33 heavy (non-hydrogen) atoms. The number of amides is 1. The second kappa shape index (κ2) is 10.5. The lowest BCUT2D eigenvalue weighted by Crippen LogP contribution is -2.52. The molecule has 1 amide bonds. The number of hydrogen-bond acceptors (Lipinski definition) is 6. The number of nitrogens with one attached hydrogen (secondary N) is 2. The molecule has 3 rings (SSSR count). The molecule has 1 fully saturated rings. The topological polar surface area (TPSA) is 92.7 Å². The van der Waals surface area contributed by atoms with Crippen LogP contribution >= 0.6 is 0 Å². The van der Waals surface area contributed by atoms with Crippen molar-refractivity contribution in [2.75, 3.05) is 13.7 Å². The standard InChI is InChI=1S/C26H41N3O4/c1-7-9-20(29-23(31)17(2)32-6)22(30)16-27-21-14-26(10-8-11-26)33-24-19(21)12-18(15-28-24)13-25(3,4)5/h7,12,15,17,20-22,27,30H,1,8-11,13-14,16H2,2-6H3,(H,29,31)/t17-,20-,21-,22+/m0/s1. The van der Waals surface area contributed by atoms with Gasteiger partial charge in [0.1, 0.15) is 11.7 Å². The van der Waals surface area contributed by atoms with E-state index in [0.717, 1.165) is 37.7 Å². The van der Waals surface area contributed by atoms with Crippen molar-refractivity contribution in [2.24, 2.45) is 5.41 Å². The Kier molecular flexibility index (Phi) is 8.19. The van der Waals surface area contributed by atoms with Gasteiger partial charge in [-0.25, -0.2) is 4.98 Å². The van der Waals surface area contributed by atoms with Crippen LogP contribution in [0.25, 0.3) is 0 Å². The lowest BCUT2D eigenvalue weighted by Gasteiger charge is -2.47. The maximum Gasteiger partial charge on any atom is 0.249 e. The van der Waals surface area contributed by atoms with Crippen molar-refractivity contribution in [3.8, 4) is 5.88 Å². The normalized spacial score (nSPS) is 21.8. The van der Waals surface area contributed by atoms with E-state index in [1.807, 2.05) is 6.20 Å². The highest BCUT2D eigenvalue weighted by atomic mass is 16.5. The smallest absolute Gasteiger partial charge is 0.249 e. The maximum absolute atomic E-state index is 12.3. The van der Waals surface area contributed by atoms with Gasteiger partial charge in [-0.3, -0.25) is 4.79 Å². The molecular formula is C26H41N3O4. The summed E-state index contributed by atoms with van der Waals surface area (Å²) in [4.78, 5) is 17.0. The number of aliphatic hydroxyl groups excluding tert-OH is 1. The fraction of sp³-hybridized carbons (Fsp3) is 0.692. The van der Waals surface area contributed by atoms with Crippen LogP contribution in [0.15, 0.2) is 24.9 Å².